The van der Waals surface area contributed by atoms with Crippen LogP contribution < -0.4 is 9.80 Å². The summed E-state index contributed by atoms with van der Waals surface area (Å²) in [5.41, 5.74) is 19.0. The van der Waals surface area contributed by atoms with Crippen LogP contribution in [-0.4, -0.2) is 0 Å². The molecule has 3 heteroatoms. The van der Waals surface area contributed by atoms with Gasteiger partial charge >= 0.3 is 0 Å². The fourth-order valence-electron chi connectivity index (χ4n) is 10.8. The highest BCUT2D eigenvalue weighted by atomic mass is 32.1. The van der Waals surface area contributed by atoms with Crippen molar-refractivity contribution in [3.8, 4) is 33.4 Å². The van der Waals surface area contributed by atoms with E-state index in [0.29, 0.717) is 0 Å². The zero-order valence-electron chi connectivity index (χ0n) is 34.9. The smallest absolute Gasteiger partial charge is 0.0727 e. The Bertz CT molecular complexity index is 3510. The molecule has 0 aliphatic heterocycles. The Morgan fingerprint density at radius 2 is 0.750 bits per heavy atom. The Kier molecular flexibility index (Phi) is 8.34. The molecular weight excluding hydrogens is 793 g/mol. The molecule has 0 saturated carbocycles. The van der Waals surface area contributed by atoms with Gasteiger partial charge in [-0.2, -0.15) is 0 Å². The van der Waals surface area contributed by atoms with Crippen LogP contribution in [0.15, 0.2) is 243 Å². The van der Waals surface area contributed by atoms with E-state index in [9.17, 15) is 0 Å². The first-order valence-electron chi connectivity index (χ1n) is 22.0. The van der Waals surface area contributed by atoms with Crippen molar-refractivity contribution in [1.82, 2.24) is 0 Å². The van der Waals surface area contributed by atoms with Gasteiger partial charge in [0.15, 0.2) is 0 Å². The second-order valence-electron chi connectivity index (χ2n) is 16.8. The van der Waals surface area contributed by atoms with Crippen LogP contribution >= 0.6 is 11.3 Å². The second kappa shape index (κ2) is 14.6. The van der Waals surface area contributed by atoms with Gasteiger partial charge in [-0.3, -0.25) is 0 Å². The summed E-state index contributed by atoms with van der Waals surface area (Å²) in [6.07, 6.45) is 0. The van der Waals surface area contributed by atoms with Crippen molar-refractivity contribution in [1.29, 1.82) is 0 Å². The van der Waals surface area contributed by atoms with Crippen molar-refractivity contribution in [2.75, 3.05) is 9.80 Å². The van der Waals surface area contributed by atoms with Crippen molar-refractivity contribution in [2.45, 2.75) is 5.41 Å². The van der Waals surface area contributed by atoms with E-state index < -0.39 is 5.41 Å². The van der Waals surface area contributed by atoms with Gasteiger partial charge < -0.3 is 9.80 Å². The van der Waals surface area contributed by atoms with Crippen LogP contribution in [-0.2, 0) is 5.41 Å². The van der Waals surface area contributed by atoms with Crippen LogP contribution in [0.3, 0.4) is 0 Å². The van der Waals surface area contributed by atoms with Gasteiger partial charge in [0.05, 0.1) is 15.8 Å². The second-order valence-corrected chi connectivity index (χ2v) is 17.9. The average molecular weight is 833 g/mol. The fraction of sp³-hybridized carbons (Fsp3) is 0.0164. The largest absolute Gasteiger partial charge is 0.310 e. The summed E-state index contributed by atoms with van der Waals surface area (Å²) in [6.45, 7) is 0. The number of benzene rings is 10. The molecule has 2 aliphatic rings. The molecular formula is C61H40N2S. The molecule has 0 saturated heterocycles. The lowest BCUT2D eigenvalue weighted by molar-refractivity contribution is 0.793. The number of nitrogens with zero attached hydrogens (tertiary/aromatic N) is 2. The topological polar surface area (TPSA) is 6.48 Å². The van der Waals surface area contributed by atoms with Crippen molar-refractivity contribution in [3.05, 3.63) is 265 Å². The van der Waals surface area contributed by atoms with Crippen LogP contribution in [0.2, 0.25) is 0 Å². The first-order chi connectivity index (χ1) is 31.8. The van der Waals surface area contributed by atoms with E-state index in [2.05, 4.69) is 252 Å². The first-order valence-corrected chi connectivity index (χ1v) is 22.8. The van der Waals surface area contributed by atoms with E-state index in [-0.39, 0.29) is 0 Å². The van der Waals surface area contributed by atoms with E-state index in [1.807, 2.05) is 11.3 Å². The summed E-state index contributed by atoms with van der Waals surface area (Å²) in [7, 11) is 0. The van der Waals surface area contributed by atoms with Gasteiger partial charge in [-0.15, -0.1) is 11.3 Å². The highest BCUT2D eigenvalue weighted by Crippen LogP contribution is 2.64. The normalized spacial score (nSPS) is 14.3. The fourth-order valence-corrected chi connectivity index (χ4v) is 12.0. The molecule has 10 aromatic carbocycles. The van der Waals surface area contributed by atoms with E-state index in [1.54, 1.807) is 0 Å². The number of thiophene rings is 1. The third-order valence-electron chi connectivity index (χ3n) is 13.5. The summed E-state index contributed by atoms with van der Waals surface area (Å²) >= 11 is 1.88. The molecule has 0 bridgehead atoms. The molecule has 64 heavy (non-hydrogen) atoms. The van der Waals surface area contributed by atoms with E-state index in [0.717, 1.165) is 28.4 Å². The SMILES string of the molecule is c1ccc(-c2ccc(N(c3ccc4c(c3)C3(c5ccccc5-c5ccc(N(c6ccccc6)c6ccccc6)cc53)c3ccccc3-4)c3cccc4c3sc3ccccc34)cc2)cc1. The predicted octanol–water partition coefficient (Wildman–Crippen LogP) is 17.0. The molecule has 0 radical (unpaired) electrons. The highest BCUT2D eigenvalue weighted by Gasteiger charge is 2.52. The predicted molar refractivity (Wildman–Crippen MR) is 270 cm³/mol. The van der Waals surface area contributed by atoms with E-state index in [1.165, 1.54) is 81.5 Å². The van der Waals surface area contributed by atoms with Gasteiger partial charge in [0.25, 0.3) is 0 Å². The van der Waals surface area contributed by atoms with Crippen molar-refractivity contribution in [2.24, 2.45) is 0 Å². The van der Waals surface area contributed by atoms with Crippen LogP contribution in [0, 0.1) is 0 Å². The molecule has 0 fully saturated rings. The van der Waals surface area contributed by atoms with Gasteiger partial charge in [-0.1, -0.05) is 170 Å². The molecule has 0 N–H and O–H groups in total. The minimum atomic E-state index is -0.560. The third-order valence-corrected chi connectivity index (χ3v) is 14.7. The van der Waals surface area contributed by atoms with Gasteiger partial charge in [0, 0.05) is 43.9 Å². The summed E-state index contributed by atoms with van der Waals surface area (Å²) in [5, 5.41) is 2.57. The summed E-state index contributed by atoms with van der Waals surface area (Å²) in [5.74, 6) is 0. The highest BCUT2D eigenvalue weighted by molar-refractivity contribution is 7.26. The lowest BCUT2D eigenvalue weighted by Gasteiger charge is -2.33. The lowest BCUT2D eigenvalue weighted by Crippen LogP contribution is -2.26. The number of para-hydroxylation sites is 2. The molecule has 300 valence electrons. The molecule has 13 rings (SSSR count). The maximum atomic E-state index is 2.51. The van der Waals surface area contributed by atoms with Crippen LogP contribution in [0.25, 0.3) is 53.6 Å². The molecule has 1 atom stereocenters. The molecule has 1 spiro atoms. The minimum absolute atomic E-state index is 0.560. The summed E-state index contributed by atoms with van der Waals surface area (Å²) < 4.78 is 2.57. The van der Waals surface area contributed by atoms with Crippen molar-refractivity contribution >= 4 is 65.6 Å². The van der Waals surface area contributed by atoms with Gasteiger partial charge in [-0.05, 0) is 128 Å². The summed E-state index contributed by atoms with van der Waals surface area (Å²) in [6, 6.07) is 89.5. The number of hydrogen-bond donors (Lipinski definition) is 0. The Morgan fingerprint density at radius 1 is 0.297 bits per heavy atom. The van der Waals surface area contributed by atoms with Crippen molar-refractivity contribution in [3.63, 3.8) is 0 Å². The molecule has 1 heterocycles. The first kappa shape index (κ1) is 36.7. The molecule has 2 aliphatic carbocycles. The van der Waals surface area contributed by atoms with Crippen molar-refractivity contribution < 1.29 is 0 Å². The average Bonchev–Trinajstić information content (AvgIpc) is 4.00. The Labute approximate surface area is 377 Å². The maximum absolute atomic E-state index is 2.51. The van der Waals surface area contributed by atoms with Crippen LogP contribution in [0.4, 0.5) is 34.1 Å². The van der Waals surface area contributed by atoms with Gasteiger partial charge in [0.1, 0.15) is 0 Å². The number of hydrogen-bond acceptors (Lipinski definition) is 3. The summed E-state index contributed by atoms with van der Waals surface area (Å²) in [4.78, 5) is 4.88. The van der Waals surface area contributed by atoms with E-state index >= 15 is 0 Å². The molecule has 0 amide bonds. The van der Waals surface area contributed by atoms with Crippen LogP contribution in [0.5, 0.6) is 0 Å². The standard InChI is InChI=1S/C61H40N2S/c1-4-17-41(18-5-1)42-31-33-45(34-32-42)63(58-29-16-26-53-52-25-12-15-30-59(52)64-60(53)58)47-36-38-51-49-24-11-14-28-55(49)61(57(51)40-47)54-27-13-10-23-48(54)50-37-35-46(39-56(50)61)62(43-19-6-2-7-20-43)44-21-8-3-9-22-44/h1-40H. The lowest BCUT2D eigenvalue weighted by atomic mass is 9.70. The Hall–Kier alpha value is -7.98. The third kappa shape index (κ3) is 5.44. The molecule has 11 aromatic rings. The number of anilines is 6. The molecule has 1 aromatic heterocycles. The van der Waals surface area contributed by atoms with Gasteiger partial charge in [-0.25, -0.2) is 0 Å². The van der Waals surface area contributed by atoms with Gasteiger partial charge in [0.2, 0.25) is 0 Å². The quantitative estimate of drug-likeness (QED) is 0.158. The monoisotopic (exact) mass is 832 g/mol. The number of rotatable bonds is 7. The molecule has 1 unspecified atom stereocenters. The Balaban J connectivity index is 1.07. The number of fused-ring (bicyclic) bond motifs is 13. The molecule has 2 nitrogen and oxygen atoms in total. The minimum Gasteiger partial charge on any atom is -0.310 e. The zero-order valence-corrected chi connectivity index (χ0v) is 35.7. The maximum Gasteiger partial charge on any atom is 0.0727 e. The zero-order chi connectivity index (χ0) is 42.2. The van der Waals surface area contributed by atoms with E-state index in [4.69, 9.17) is 0 Å². The Morgan fingerprint density at radius 3 is 1.38 bits per heavy atom. The van der Waals surface area contributed by atoms with Crippen LogP contribution in [0.1, 0.15) is 22.3 Å².